The van der Waals surface area contributed by atoms with E-state index >= 15 is 0 Å². The number of carbonyl (C=O) groups excluding carboxylic acids is 4. The number of ether oxygens (including phenoxy) is 14. The minimum absolute atomic E-state index is 0.0151. The standard InChI is InChI=1S/C67H75NO19/c1-42-56(77-36-47-23-13-7-14-24-47)61(62(65(73)81-42)85-64(72)51-29-19-10-20-30-51)87-66-55(68-43(2)69)59(58(82-45(4)71)54(83-66)41-76-44(3)70)86-67-63(80-39-50-31-33-52(74-5)34-32-50)60(79-38-49-27-17-9-18-28-49)57(78-37-48-25-15-8-16-26-48)53(84-67)40-75-35-46-21-11-6-12-22-46/h6-34,42,53-63,65-67,73H,35-41H2,1-5H3,(H,68,69)/t42-,53+,54+,55+,56-,57+,58+,59+,60-,61+,62+,63+,65+,66+,67+/m0/s1. The number of aliphatic hydroxyl groups excluding tert-OH is 1. The average molecular weight is 1200 g/mol. The summed E-state index contributed by atoms with van der Waals surface area (Å²) < 4.78 is 91.6. The molecule has 0 saturated carbocycles. The van der Waals surface area contributed by atoms with Crippen LogP contribution < -0.4 is 10.1 Å². The lowest BCUT2D eigenvalue weighted by atomic mass is 9.93. The molecule has 0 spiro atoms. The van der Waals surface area contributed by atoms with E-state index in [2.05, 4.69) is 5.32 Å². The van der Waals surface area contributed by atoms with E-state index in [0.29, 0.717) is 5.75 Å². The number of carbonyl (C=O) groups is 4. The molecule has 0 aromatic heterocycles. The topological polar surface area (TPSA) is 230 Å². The predicted octanol–water partition coefficient (Wildman–Crippen LogP) is 7.74. The van der Waals surface area contributed by atoms with Gasteiger partial charge in [0, 0.05) is 20.8 Å². The summed E-state index contributed by atoms with van der Waals surface area (Å²) in [6.45, 7) is 5.06. The van der Waals surface area contributed by atoms with Crippen molar-refractivity contribution in [2.45, 2.75) is 153 Å². The van der Waals surface area contributed by atoms with Gasteiger partial charge in [0.25, 0.3) is 0 Å². The Morgan fingerprint density at radius 1 is 0.460 bits per heavy atom. The van der Waals surface area contributed by atoms with Crippen LogP contribution in [0, 0.1) is 0 Å². The Labute approximate surface area is 506 Å². The highest BCUT2D eigenvalue weighted by Crippen LogP contribution is 2.38. The molecule has 0 bridgehead atoms. The summed E-state index contributed by atoms with van der Waals surface area (Å²) in [5.41, 5.74) is 4.26. The molecule has 20 heteroatoms. The van der Waals surface area contributed by atoms with Gasteiger partial charge in [0.15, 0.2) is 31.1 Å². The minimum atomic E-state index is -1.79. The van der Waals surface area contributed by atoms with Crippen molar-refractivity contribution in [3.63, 3.8) is 0 Å². The van der Waals surface area contributed by atoms with Gasteiger partial charge in [0.1, 0.15) is 67.2 Å². The van der Waals surface area contributed by atoms with E-state index in [1.165, 1.54) is 20.8 Å². The lowest BCUT2D eigenvalue weighted by molar-refractivity contribution is -0.371. The number of esters is 3. The van der Waals surface area contributed by atoms with Crippen molar-refractivity contribution < 1.29 is 90.6 Å². The van der Waals surface area contributed by atoms with Gasteiger partial charge in [-0.3, -0.25) is 14.4 Å². The van der Waals surface area contributed by atoms with Crippen LogP contribution in [-0.4, -0.2) is 141 Å². The summed E-state index contributed by atoms with van der Waals surface area (Å²) in [5.74, 6) is -2.32. The molecular weight excluding hydrogens is 1120 g/mol. The van der Waals surface area contributed by atoms with E-state index in [1.54, 1.807) is 56.5 Å². The fourth-order valence-corrected chi connectivity index (χ4v) is 10.6. The SMILES string of the molecule is COc1ccc(CO[C@H]2[C@@H](O[C@@H]3[C@@H](NC(C)=O)[C@@H](O[C@@H]4[C@@H](OCc5ccccc5)[C@H](C)O[C@@H](O)[C@@H]4OC(=O)c4ccccc4)O[C@H](COC(C)=O)[C@H]3OC(C)=O)O[C@H](COCc3ccccc3)[C@@H](OCc3ccccc3)[C@@H]2OCc2ccccc2)cc1. The van der Waals surface area contributed by atoms with Crippen LogP contribution >= 0.6 is 0 Å². The van der Waals surface area contributed by atoms with E-state index < -0.39 is 122 Å². The number of rotatable bonds is 27. The number of benzene rings is 6. The van der Waals surface area contributed by atoms with E-state index in [1.807, 2.05) is 133 Å². The Bertz CT molecular complexity index is 3060. The molecule has 0 radical (unpaired) electrons. The van der Waals surface area contributed by atoms with Gasteiger partial charge in [-0.1, -0.05) is 152 Å². The van der Waals surface area contributed by atoms with Crippen LogP contribution in [0.25, 0.3) is 0 Å². The lowest BCUT2D eigenvalue weighted by Gasteiger charge is -2.51. The molecule has 9 rings (SSSR count). The quantitative estimate of drug-likeness (QED) is 0.0371. The molecule has 1 amide bonds. The first-order chi connectivity index (χ1) is 42.3. The third-order valence-electron chi connectivity index (χ3n) is 14.8. The maximum atomic E-state index is 14.0. The number of nitrogens with one attached hydrogen (secondary N) is 1. The monoisotopic (exact) mass is 1200 g/mol. The zero-order chi connectivity index (χ0) is 61.1. The van der Waals surface area contributed by atoms with Gasteiger partial charge in [-0.2, -0.15) is 0 Å². The van der Waals surface area contributed by atoms with E-state index in [4.69, 9.17) is 66.3 Å². The second kappa shape index (κ2) is 32.0. The Balaban J connectivity index is 1.15. The molecule has 15 atom stereocenters. The lowest BCUT2D eigenvalue weighted by Crippen LogP contribution is -2.70. The maximum absolute atomic E-state index is 14.0. The smallest absolute Gasteiger partial charge is 0.338 e. The van der Waals surface area contributed by atoms with Gasteiger partial charge in [-0.05, 0) is 59.0 Å². The van der Waals surface area contributed by atoms with Crippen molar-refractivity contribution in [1.29, 1.82) is 0 Å². The molecule has 6 aromatic rings. The van der Waals surface area contributed by atoms with E-state index in [0.717, 1.165) is 27.8 Å². The van der Waals surface area contributed by atoms with Gasteiger partial charge in [0.2, 0.25) is 5.91 Å². The number of aliphatic hydroxyl groups is 1. The molecule has 0 unspecified atom stereocenters. The minimum Gasteiger partial charge on any atom is -0.497 e. The fourth-order valence-electron chi connectivity index (χ4n) is 10.6. The van der Waals surface area contributed by atoms with Crippen molar-refractivity contribution in [2.75, 3.05) is 20.3 Å². The van der Waals surface area contributed by atoms with Crippen LogP contribution in [0.1, 0.15) is 65.9 Å². The van der Waals surface area contributed by atoms with Crippen LogP contribution in [0.5, 0.6) is 5.75 Å². The van der Waals surface area contributed by atoms with Crippen LogP contribution in [0.3, 0.4) is 0 Å². The number of hydrogen-bond donors (Lipinski definition) is 2. The summed E-state index contributed by atoms with van der Waals surface area (Å²) in [6.07, 6.45) is -18.7. The third-order valence-corrected chi connectivity index (χ3v) is 14.8. The number of hydrogen-bond acceptors (Lipinski definition) is 19. The van der Waals surface area contributed by atoms with Gasteiger partial charge >= 0.3 is 17.9 Å². The second-order valence-electron chi connectivity index (χ2n) is 21.3. The number of amides is 1. The van der Waals surface area contributed by atoms with E-state index in [-0.39, 0.29) is 45.2 Å². The van der Waals surface area contributed by atoms with Crippen molar-refractivity contribution in [3.05, 3.63) is 209 Å². The van der Waals surface area contributed by atoms with E-state index in [9.17, 15) is 24.3 Å². The highest BCUT2D eigenvalue weighted by atomic mass is 16.8. The van der Waals surface area contributed by atoms with Gasteiger partial charge in [0.05, 0.1) is 58.4 Å². The second-order valence-corrected chi connectivity index (χ2v) is 21.3. The van der Waals surface area contributed by atoms with Crippen molar-refractivity contribution in [1.82, 2.24) is 5.32 Å². The summed E-state index contributed by atoms with van der Waals surface area (Å²) >= 11 is 0. The molecule has 0 aliphatic carbocycles. The maximum Gasteiger partial charge on any atom is 0.338 e. The first kappa shape index (κ1) is 64.0. The van der Waals surface area contributed by atoms with Crippen molar-refractivity contribution >= 4 is 23.8 Å². The molecular formula is C67H75NO19. The Hall–Kier alpha value is -7.44. The largest absolute Gasteiger partial charge is 0.497 e. The zero-order valence-corrected chi connectivity index (χ0v) is 49.1. The molecule has 3 heterocycles. The first-order valence-electron chi connectivity index (χ1n) is 28.9. The molecule has 3 aliphatic heterocycles. The number of methoxy groups -OCH3 is 1. The molecule has 3 aliphatic rings. The van der Waals surface area contributed by atoms with Crippen LogP contribution in [0.2, 0.25) is 0 Å². The Morgan fingerprint density at radius 3 is 1.46 bits per heavy atom. The normalized spacial score (nSPS) is 27.1. The first-order valence-corrected chi connectivity index (χ1v) is 28.9. The molecule has 462 valence electrons. The molecule has 6 aromatic carbocycles. The van der Waals surface area contributed by atoms with Gasteiger partial charge in [-0.25, -0.2) is 4.79 Å². The molecule has 20 nitrogen and oxygen atoms in total. The molecule has 3 saturated heterocycles. The summed E-state index contributed by atoms with van der Waals surface area (Å²) in [7, 11) is 1.57. The van der Waals surface area contributed by atoms with Crippen molar-refractivity contribution in [2.24, 2.45) is 0 Å². The predicted molar refractivity (Wildman–Crippen MR) is 312 cm³/mol. The average Bonchev–Trinajstić information content (AvgIpc) is 2.68. The molecule has 3 fully saturated rings. The molecule has 2 N–H and O–H groups in total. The summed E-state index contributed by atoms with van der Waals surface area (Å²) in [6, 6.07) is 52.0. The van der Waals surface area contributed by atoms with Crippen LogP contribution in [0.4, 0.5) is 0 Å². The van der Waals surface area contributed by atoms with Crippen LogP contribution in [0.15, 0.2) is 176 Å². The van der Waals surface area contributed by atoms with Gasteiger partial charge < -0.3 is 76.7 Å². The Morgan fingerprint density at radius 2 is 0.931 bits per heavy atom. The Kier molecular flexibility index (Phi) is 23.5. The summed E-state index contributed by atoms with van der Waals surface area (Å²) in [5, 5.41) is 14.7. The molecule has 87 heavy (non-hydrogen) atoms. The highest BCUT2D eigenvalue weighted by molar-refractivity contribution is 5.89. The summed E-state index contributed by atoms with van der Waals surface area (Å²) in [4.78, 5) is 54.1. The highest BCUT2D eigenvalue weighted by Gasteiger charge is 2.58. The fraction of sp³-hybridized carbons (Fsp3) is 0.403. The van der Waals surface area contributed by atoms with Crippen molar-refractivity contribution in [3.8, 4) is 5.75 Å². The zero-order valence-electron chi connectivity index (χ0n) is 49.1. The van der Waals surface area contributed by atoms with Gasteiger partial charge in [-0.15, -0.1) is 0 Å². The van der Waals surface area contributed by atoms with Crippen LogP contribution in [-0.2, 0) is 109 Å². The third kappa shape index (κ3) is 18.1.